The average molecular weight is 206 g/mol. The quantitative estimate of drug-likeness (QED) is 0.761. The van der Waals surface area contributed by atoms with Crippen molar-refractivity contribution in [2.24, 2.45) is 0 Å². The van der Waals surface area contributed by atoms with E-state index in [0.29, 0.717) is 6.61 Å². The van der Waals surface area contributed by atoms with Crippen molar-refractivity contribution in [2.45, 2.75) is 25.0 Å². The van der Waals surface area contributed by atoms with Gasteiger partial charge in [0.1, 0.15) is 18.5 Å². The highest BCUT2D eigenvalue weighted by molar-refractivity contribution is 5.44. The van der Waals surface area contributed by atoms with Crippen LogP contribution in [0.4, 0.5) is 0 Å². The van der Waals surface area contributed by atoms with E-state index >= 15 is 0 Å². The molecular formula is C12H14O3. The Bertz CT molecular complexity index is 371. The monoisotopic (exact) mass is 206 g/mol. The molecule has 1 aliphatic carbocycles. The number of rotatable bonds is 3. The minimum atomic E-state index is -0.305. The molecule has 0 bridgehead atoms. The zero-order chi connectivity index (χ0) is 10.3. The average Bonchev–Trinajstić information content (AvgIpc) is 3.01. The highest BCUT2D eigenvalue weighted by atomic mass is 16.6. The van der Waals surface area contributed by atoms with E-state index in [2.05, 4.69) is 0 Å². The fourth-order valence-corrected chi connectivity index (χ4v) is 2.08. The summed E-state index contributed by atoms with van der Waals surface area (Å²) in [5.74, 6) is 0.916. The van der Waals surface area contributed by atoms with Crippen molar-refractivity contribution >= 4 is 0 Å². The second kappa shape index (κ2) is 3.51. The summed E-state index contributed by atoms with van der Waals surface area (Å²) in [5.41, 5.74) is 2.20. The first-order chi connectivity index (χ1) is 7.34. The Kier molecular flexibility index (Phi) is 2.15. The zero-order valence-corrected chi connectivity index (χ0v) is 8.48. The second-order valence-electron chi connectivity index (χ2n) is 4.14. The summed E-state index contributed by atoms with van der Waals surface area (Å²) in [7, 11) is 0. The number of hydrogen-bond donors (Lipinski definition) is 1. The van der Waals surface area contributed by atoms with E-state index in [-0.39, 0.29) is 12.2 Å². The van der Waals surface area contributed by atoms with Crippen LogP contribution in [0.2, 0.25) is 0 Å². The third-order valence-corrected chi connectivity index (χ3v) is 3.02. The molecule has 1 N–H and O–H groups in total. The lowest BCUT2D eigenvalue weighted by Crippen LogP contribution is -2.05. The summed E-state index contributed by atoms with van der Waals surface area (Å²) in [6, 6.07) is 5.89. The molecule has 0 amide bonds. The third-order valence-electron chi connectivity index (χ3n) is 3.02. The van der Waals surface area contributed by atoms with Gasteiger partial charge in [0.2, 0.25) is 0 Å². The number of aliphatic hydroxyl groups is 1. The molecule has 2 unspecified atom stereocenters. The molecule has 2 atom stereocenters. The van der Waals surface area contributed by atoms with Crippen LogP contribution in [0.5, 0.6) is 5.75 Å². The topological polar surface area (TPSA) is 42.0 Å². The van der Waals surface area contributed by atoms with Gasteiger partial charge in [0, 0.05) is 5.56 Å². The van der Waals surface area contributed by atoms with Gasteiger partial charge in [-0.05, 0) is 24.5 Å². The van der Waals surface area contributed by atoms with Crippen LogP contribution in [0.1, 0.15) is 23.7 Å². The predicted octanol–water partition coefficient (Wildman–Crippen LogP) is 1.44. The largest absolute Gasteiger partial charge is 0.490 e. The molecule has 3 heteroatoms. The highest BCUT2D eigenvalue weighted by Crippen LogP contribution is 2.36. The van der Waals surface area contributed by atoms with Crippen LogP contribution in [0.25, 0.3) is 0 Å². The number of fused-ring (bicyclic) bond motifs is 1. The Morgan fingerprint density at radius 1 is 1.47 bits per heavy atom. The summed E-state index contributed by atoms with van der Waals surface area (Å²) < 4.78 is 10.8. The van der Waals surface area contributed by atoms with Gasteiger partial charge in [-0.25, -0.2) is 0 Å². The van der Waals surface area contributed by atoms with Crippen LogP contribution in [-0.2, 0) is 11.2 Å². The Balaban J connectivity index is 1.81. The maximum Gasteiger partial charge on any atom is 0.123 e. The van der Waals surface area contributed by atoms with Gasteiger partial charge in [-0.2, -0.15) is 0 Å². The van der Waals surface area contributed by atoms with Crippen molar-refractivity contribution in [3.63, 3.8) is 0 Å². The molecule has 80 valence electrons. The van der Waals surface area contributed by atoms with Crippen LogP contribution >= 0.6 is 0 Å². The molecular weight excluding hydrogens is 192 g/mol. The summed E-state index contributed by atoms with van der Waals surface area (Å²) in [5, 5.41) is 9.72. The zero-order valence-electron chi connectivity index (χ0n) is 8.48. The SMILES string of the molecule is OC1CCc2c(OCC3CO3)cccc21. The fraction of sp³-hybridized carbons (Fsp3) is 0.500. The smallest absolute Gasteiger partial charge is 0.123 e. The van der Waals surface area contributed by atoms with Crippen molar-refractivity contribution < 1.29 is 14.6 Å². The van der Waals surface area contributed by atoms with Crippen molar-refractivity contribution in [1.82, 2.24) is 0 Å². The molecule has 1 saturated heterocycles. The van der Waals surface area contributed by atoms with E-state index in [9.17, 15) is 5.11 Å². The van der Waals surface area contributed by atoms with Gasteiger partial charge >= 0.3 is 0 Å². The van der Waals surface area contributed by atoms with Gasteiger partial charge in [-0.3, -0.25) is 0 Å². The van der Waals surface area contributed by atoms with Crippen LogP contribution in [0.15, 0.2) is 18.2 Å². The molecule has 3 rings (SSSR count). The summed E-state index contributed by atoms with van der Waals surface area (Å²) >= 11 is 0. The van der Waals surface area contributed by atoms with E-state index in [1.165, 1.54) is 5.56 Å². The van der Waals surface area contributed by atoms with Gasteiger partial charge in [0.05, 0.1) is 12.7 Å². The Morgan fingerprint density at radius 3 is 3.13 bits per heavy atom. The van der Waals surface area contributed by atoms with Crippen LogP contribution < -0.4 is 4.74 Å². The molecule has 1 fully saturated rings. The molecule has 0 saturated carbocycles. The summed E-state index contributed by atoms with van der Waals surface area (Å²) in [4.78, 5) is 0. The highest BCUT2D eigenvalue weighted by Gasteiger charge is 2.26. The lowest BCUT2D eigenvalue weighted by molar-refractivity contribution is 0.180. The van der Waals surface area contributed by atoms with Crippen LogP contribution in [-0.4, -0.2) is 24.4 Å². The van der Waals surface area contributed by atoms with Crippen LogP contribution in [0.3, 0.4) is 0 Å². The molecule has 1 heterocycles. The molecule has 1 aliphatic heterocycles. The first kappa shape index (κ1) is 9.19. The molecule has 0 spiro atoms. The Hall–Kier alpha value is -1.06. The minimum absolute atomic E-state index is 0.284. The number of epoxide rings is 1. The lowest BCUT2D eigenvalue weighted by Gasteiger charge is -2.10. The maximum absolute atomic E-state index is 9.72. The van der Waals surface area contributed by atoms with E-state index in [0.717, 1.165) is 30.8 Å². The Labute approximate surface area is 88.6 Å². The van der Waals surface area contributed by atoms with E-state index in [1.807, 2.05) is 18.2 Å². The summed E-state index contributed by atoms with van der Waals surface area (Å²) in [6.45, 7) is 1.45. The molecule has 15 heavy (non-hydrogen) atoms. The van der Waals surface area contributed by atoms with Gasteiger partial charge in [0.25, 0.3) is 0 Å². The van der Waals surface area contributed by atoms with Crippen molar-refractivity contribution in [3.8, 4) is 5.75 Å². The van der Waals surface area contributed by atoms with E-state index in [1.54, 1.807) is 0 Å². The van der Waals surface area contributed by atoms with Crippen LogP contribution in [0, 0.1) is 0 Å². The first-order valence-electron chi connectivity index (χ1n) is 5.39. The number of aliphatic hydroxyl groups excluding tert-OH is 1. The van der Waals surface area contributed by atoms with Crippen molar-refractivity contribution in [1.29, 1.82) is 0 Å². The maximum atomic E-state index is 9.72. The molecule has 0 radical (unpaired) electrons. The van der Waals surface area contributed by atoms with Gasteiger partial charge in [0.15, 0.2) is 0 Å². The predicted molar refractivity (Wildman–Crippen MR) is 55.0 cm³/mol. The molecule has 1 aromatic carbocycles. The lowest BCUT2D eigenvalue weighted by atomic mass is 10.1. The second-order valence-corrected chi connectivity index (χ2v) is 4.14. The molecule has 3 nitrogen and oxygen atoms in total. The van der Waals surface area contributed by atoms with Crippen molar-refractivity contribution in [2.75, 3.05) is 13.2 Å². The fourth-order valence-electron chi connectivity index (χ4n) is 2.08. The molecule has 1 aromatic rings. The number of benzene rings is 1. The van der Waals surface area contributed by atoms with Crippen molar-refractivity contribution in [3.05, 3.63) is 29.3 Å². The number of hydrogen-bond acceptors (Lipinski definition) is 3. The normalized spacial score (nSPS) is 27.5. The van der Waals surface area contributed by atoms with E-state index in [4.69, 9.17) is 9.47 Å². The van der Waals surface area contributed by atoms with Gasteiger partial charge in [-0.15, -0.1) is 0 Å². The molecule has 2 aliphatic rings. The minimum Gasteiger partial charge on any atom is -0.490 e. The standard InChI is InChI=1S/C12H14O3/c13-11-5-4-10-9(11)2-1-3-12(10)15-7-8-6-14-8/h1-3,8,11,13H,4-7H2. The van der Waals surface area contributed by atoms with E-state index < -0.39 is 0 Å². The molecule has 0 aromatic heterocycles. The number of ether oxygens (including phenoxy) is 2. The van der Waals surface area contributed by atoms with Gasteiger partial charge in [-0.1, -0.05) is 12.1 Å². The third kappa shape index (κ3) is 1.73. The summed E-state index contributed by atoms with van der Waals surface area (Å²) in [6.07, 6.45) is 1.71. The first-order valence-corrected chi connectivity index (χ1v) is 5.39. The Morgan fingerprint density at radius 2 is 2.33 bits per heavy atom. The van der Waals surface area contributed by atoms with Gasteiger partial charge < -0.3 is 14.6 Å².